The van der Waals surface area contributed by atoms with E-state index in [1.165, 1.54) is 11.1 Å². The summed E-state index contributed by atoms with van der Waals surface area (Å²) in [5.74, 6) is 0.908. The van der Waals surface area contributed by atoms with Crippen molar-refractivity contribution in [2.75, 3.05) is 13.6 Å². The first-order valence-electron chi connectivity index (χ1n) is 10.2. The van der Waals surface area contributed by atoms with E-state index in [0.717, 1.165) is 35.5 Å². The molecule has 0 saturated carbocycles. The summed E-state index contributed by atoms with van der Waals surface area (Å²) in [7, 11) is 1.97. The van der Waals surface area contributed by atoms with Crippen molar-refractivity contribution in [3.63, 3.8) is 0 Å². The molecule has 0 bridgehead atoms. The number of benzene rings is 1. The maximum Gasteiger partial charge on any atom is 0.333 e. The Morgan fingerprint density at radius 3 is 2.50 bits per heavy atom. The largest absolute Gasteiger partial charge is 0.481 e. The first-order chi connectivity index (χ1) is 13.1. The zero-order chi connectivity index (χ0) is 20.7. The number of rotatable bonds is 5. The van der Waals surface area contributed by atoms with Gasteiger partial charge in [-0.1, -0.05) is 49.7 Å². The van der Waals surface area contributed by atoms with Gasteiger partial charge in [-0.2, -0.15) is 0 Å². The molecule has 0 amide bonds. The molecule has 1 atom stereocenters. The van der Waals surface area contributed by atoms with Crippen molar-refractivity contribution >= 4 is 24.0 Å². The fraction of sp³-hybridized carbons (Fsp3) is 0.565. The molecule has 5 heteroatoms. The second-order valence-electron chi connectivity index (χ2n) is 9.20. The van der Waals surface area contributed by atoms with Crippen molar-refractivity contribution in [2.45, 2.75) is 65.5 Å². The Kier molecular flexibility index (Phi) is 5.79. The van der Waals surface area contributed by atoms with E-state index in [0.29, 0.717) is 0 Å². The zero-order valence-corrected chi connectivity index (χ0v) is 19.0. The van der Waals surface area contributed by atoms with E-state index >= 15 is 0 Å². The number of allylic oxidation sites excluding steroid dienone is 2. The van der Waals surface area contributed by atoms with Crippen LogP contribution < -0.4 is 15.5 Å². The highest BCUT2D eigenvalue weighted by Gasteiger charge is 2.52. The third kappa shape index (κ3) is 3.44. The van der Waals surface area contributed by atoms with Gasteiger partial charge in [-0.25, -0.2) is 0 Å². The number of likely N-dealkylation sites (N-methyl/N-ethyl adjacent to an activating group) is 1. The smallest absolute Gasteiger partial charge is 0.333 e. The molecule has 28 heavy (non-hydrogen) atoms. The van der Waals surface area contributed by atoms with E-state index in [1.54, 1.807) is 0 Å². The molecule has 1 saturated heterocycles. The van der Waals surface area contributed by atoms with Crippen molar-refractivity contribution in [3.8, 4) is 5.75 Å². The summed E-state index contributed by atoms with van der Waals surface area (Å²) in [6.07, 6.45) is 8.09. The summed E-state index contributed by atoms with van der Waals surface area (Å²) < 4.78 is 13.3. The molecule has 1 N–H and O–H groups in total. The Bertz CT molecular complexity index is 799. The van der Waals surface area contributed by atoms with Crippen LogP contribution in [0.25, 0.3) is 0 Å². The van der Waals surface area contributed by atoms with Crippen LogP contribution in [0, 0.1) is 5.41 Å². The average molecular weight is 402 g/mol. The molecule has 2 heterocycles. The van der Waals surface area contributed by atoms with Crippen molar-refractivity contribution in [3.05, 3.63) is 46.5 Å². The second kappa shape index (κ2) is 7.55. The molecule has 3 rings (SSSR count). The molecule has 1 fully saturated rings. The molecule has 152 valence electrons. The summed E-state index contributed by atoms with van der Waals surface area (Å²) >= 11 is 6.71. The van der Waals surface area contributed by atoms with Crippen LogP contribution in [0.5, 0.6) is 5.75 Å². The maximum absolute atomic E-state index is 6.75. The zero-order valence-electron chi connectivity index (χ0n) is 18.3. The quantitative estimate of drug-likeness (QED) is 0.568. The Balaban J connectivity index is 2.06. The van der Waals surface area contributed by atoms with Gasteiger partial charge in [0, 0.05) is 23.5 Å². The fourth-order valence-electron chi connectivity index (χ4n) is 4.48. The minimum absolute atomic E-state index is 0.0593. The summed E-state index contributed by atoms with van der Waals surface area (Å²) in [5, 5.41) is 4.05. The van der Waals surface area contributed by atoms with E-state index in [4.69, 9.17) is 21.0 Å². The molecule has 3 nitrogen and oxygen atoms in total. The monoisotopic (exact) mass is 401 g/mol. The summed E-state index contributed by atoms with van der Waals surface area (Å²) in [4.78, 5) is 0. The molecule has 0 spiro atoms. The van der Waals surface area contributed by atoms with Crippen LogP contribution in [0.15, 0.2) is 35.9 Å². The van der Waals surface area contributed by atoms with Crippen molar-refractivity contribution in [1.29, 1.82) is 0 Å². The topological polar surface area (TPSA) is 30.5 Å². The Morgan fingerprint density at radius 2 is 1.96 bits per heavy atom. The van der Waals surface area contributed by atoms with E-state index in [2.05, 4.69) is 64.2 Å². The minimum atomic E-state index is -0.429. The summed E-state index contributed by atoms with van der Waals surface area (Å²) in [6, 6.07) is 4.11. The molecule has 0 aliphatic carbocycles. The summed E-state index contributed by atoms with van der Waals surface area (Å²) in [6.45, 7) is 13.6. The fourth-order valence-corrected chi connectivity index (χ4v) is 4.76. The molecule has 2 aliphatic heterocycles. The van der Waals surface area contributed by atoms with Gasteiger partial charge in [-0.3, -0.25) is 0 Å². The third-order valence-electron chi connectivity index (χ3n) is 6.73. The summed E-state index contributed by atoms with van der Waals surface area (Å²) in [5.41, 5.74) is 2.79. The van der Waals surface area contributed by atoms with E-state index in [-0.39, 0.29) is 17.9 Å². The van der Waals surface area contributed by atoms with E-state index < -0.39 is 5.60 Å². The molecule has 1 unspecified atom stereocenters. The van der Waals surface area contributed by atoms with Gasteiger partial charge in [0.2, 0.25) is 0 Å². The van der Waals surface area contributed by atoms with Gasteiger partial charge in [0.25, 0.3) is 0 Å². The normalized spacial score (nSPS) is 26.0. The molecule has 0 radical (unpaired) electrons. The molecule has 1 aromatic rings. The number of nitrogens with one attached hydrogen (secondary N) is 1. The minimum Gasteiger partial charge on any atom is -0.481 e. The average Bonchev–Trinajstić information content (AvgIpc) is 3.07. The lowest BCUT2D eigenvalue weighted by Crippen LogP contribution is -2.46. The SMILES string of the molecule is C/C=C\C(=C/C)C1(CNC)Cc2ccc(Cl)c(B3CC(C)(C)C(C)(C)O3)c2O1. The van der Waals surface area contributed by atoms with Gasteiger partial charge in [0.05, 0.1) is 5.60 Å². The van der Waals surface area contributed by atoms with Crippen LogP contribution in [0.3, 0.4) is 0 Å². The van der Waals surface area contributed by atoms with Crippen LogP contribution in [0.1, 0.15) is 47.1 Å². The maximum atomic E-state index is 6.75. The van der Waals surface area contributed by atoms with Crippen molar-refractivity contribution in [1.82, 2.24) is 5.32 Å². The lowest BCUT2D eigenvalue weighted by molar-refractivity contribution is 0.0374. The Hall–Kier alpha value is -1.23. The van der Waals surface area contributed by atoms with Crippen LogP contribution >= 0.6 is 11.6 Å². The van der Waals surface area contributed by atoms with Crippen LogP contribution in [0.4, 0.5) is 0 Å². The Labute approximate surface area is 175 Å². The Morgan fingerprint density at radius 1 is 1.25 bits per heavy atom. The van der Waals surface area contributed by atoms with Gasteiger partial charge >= 0.3 is 6.92 Å². The first kappa shape index (κ1) is 21.5. The van der Waals surface area contributed by atoms with Crippen LogP contribution in [0.2, 0.25) is 11.3 Å². The number of hydrogen-bond acceptors (Lipinski definition) is 3. The molecule has 1 aromatic carbocycles. The number of fused-ring (bicyclic) bond motifs is 1. The third-order valence-corrected chi connectivity index (χ3v) is 7.06. The van der Waals surface area contributed by atoms with Gasteiger partial charge in [-0.15, -0.1) is 0 Å². The number of hydrogen-bond donors (Lipinski definition) is 1. The highest BCUT2D eigenvalue weighted by atomic mass is 35.5. The van der Waals surface area contributed by atoms with Crippen molar-refractivity contribution < 1.29 is 9.39 Å². The lowest BCUT2D eigenvalue weighted by Gasteiger charge is -2.34. The molecular formula is C23H33BClNO2. The van der Waals surface area contributed by atoms with Crippen molar-refractivity contribution in [2.24, 2.45) is 5.41 Å². The van der Waals surface area contributed by atoms with Crippen LogP contribution in [-0.4, -0.2) is 31.7 Å². The van der Waals surface area contributed by atoms with Gasteiger partial charge in [-0.05, 0) is 63.7 Å². The van der Waals surface area contributed by atoms with Crippen LogP contribution in [-0.2, 0) is 11.1 Å². The molecular weight excluding hydrogens is 369 g/mol. The first-order valence-corrected chi connectivity index (χ1v) is 10.6. The predicted octanol–water partition coefficient (Wildman–Crippen LogP) is 4.79. The highest BCUT2D eigenvalue weighted by molar-refractivity contribution is 6.72. The van der Waals surface area contributed by atoms with Gasteiger partial charge < -0.3 is 14.7 Å². The van der Waals surface area contributed by atoms with Gasteiger partial charge in [0.15, 0.2) is 5.60 Å². The number of halogens is 1. The van der Waals surface area contributed by atoms with E-state index in [1.807, 2.05) is 20.0 Å². The number of ether oxygens (including phenoxy) is 1. The lowest BCUT2D eigenvalue weighted by atomic mass is 9.53. The molecule has 2 aliphatic rings. The highest BCUT2D eigenvalue weighted by Crippen LogP contribution is 2.47. The van der Waals surface area contributed by atoms with E-state index in [9.17, 15) is 0 Å². The second-order valence-corrected chi connectivity index (χ2v) is 9.61. The molecule has 0 aromatic heterocycles. The predicted molar refractivity (Wildman–Crippen MR) is 120 cm³/mol. The van der Waals surface area contributed by atoms with Gasteiger partial charge in [0.1, 0.15) is 5.75 Å². The standard InChI is InChI=1S/C23H33BClNO2/c1-8-10-17(9-2)23(15-26-7)13-16-11-12-18(25)19(20(16)27-23)24-14-21(3,4)22(5,6)28-24/h8-12,26H,13-15H2,1-7H3/b10-8-,17-9+.